The van der Waals surface area contributed by atoms with Gasteiger partial charge in [-0.05, 0) is 12.8 Å². The lowest BCUT2D eigenvalue weighted by Crippen LogP contribution is -2.33. The van der Waals surface area contributed by atoms with Gasteiger partial charge in [-0.3, -0.25) is 9.29 Å². The summed E-state index contributed by atoms with van der Waals surface area (Å²) in [7, 11) is 0.128. The molecule has 2 atom stereocenters. The highest BCUT2D eigenvalue weighted by atomic mass is 35.5. The van der Waals surface area contributed by atoms with Crippen molar-refractivity contribution in [3.63, 3.8) is 0 Å². The Bertz CT molecular complexity index is 1230. The third-order valence-electron chi connectivity index (χ3n) is 4.98. The van der Waals surface area contributed by atoms with Crippen LogP contribution in [-0.4, -0.2) is 69.7 Å². The Morgan fingerprint density at radius 1 is 1.00 bits per heavy atom. The minimum absolute atomic E-state index is 0.0919. The number of rotatable bonds is 11. The monoisotopic (exact) mass is 526 g/mol. The first-order valence-corrected chi connectivity index (χ1v) is 12.4. The number of sulfonamides is 1. The van der Waals surface area contributed by atoms with Crippen LogP contribution in [0, 0.1) is 5.92 Å². The van der Waals surface area contributed by atoms with Crippen LogP contribution in [-0.2, 0) is 21.2 Å². The van der Waals surface area contributed by atoms with E-state index < -0.39 is 21.4 Å². The molecule has 3 aromatic heterocycles. The molecule has 0 aliphatic rings. The lowest BCUT2D eigenvalue weighted by atomic mass is 10.1. The van der Waals surface area contributed by atoms with E-state index in [1.807, 2.05) is 13.8 Å². The highest BCUT2D eigenvalue weighted by molar-refractivity contribution is 7.93. The van der Waals surface area contributed by atoms with E-state index in [0.717, 1.165) is 0 Å². The summed E-state index contributed by atoms with van der Waals surface area (Å²) in [6.07, 6.45) is 3.50. The Morgan fingerprint density at radius 2 is 1.60 bits per heavy atom. The van der Waals surface area contributed by atoms with Crippen molar-refractivity contribution >= 4 is 27.6 Å². The number of hydrogen-bond acceptors (Lipinski definition) is 11. The molecule has 0 spiro atoms. The zero-order chi connectivity index (χ0) is 25.8. The number of nitrogens with zero attached hydrogens (tertiary/aromatic N) is 7. The number of anilines is 1. The fourth-order valence-corrected chi connectivity index (χ4v) is 4.54. The van der Waals surface area contributed by atoms with Gasteiger partial charge in [-0.15, -0.1) is 10.2 Å². The highest BCUT2D eigenvalue weighted by Gasteiger charge is 2.35. The summed E-state index contributed by atoms with van der Waals surface area (Å²) in [4.78, 5) is 16.4. The number of aromatic nitrogens is 7. The van der Waals surface area contributed by atoms with E-state index in [-0.39, 0.29) is 35.1 Å². The maximum absolute atomic E-state index is 13.4. The highest BCUT2D eigenvalue weighted by Crippen LogP contribution is 2.33. The van der Waals surface area contributed by atoms with Gasteiger partial charge in [-0.1, -0.05) is 25.4 Å². The Morgan fingerprint density at radius 3 is 2.11 bits per heavy atom. The van der Waals surface area contributed by atoms with Crippen molar-refractivity contribution in [1.29, 1.82) is 0 Å². The van der Waals surface area contributed by atoms with Gasteiger partial charge in [0.05, 0.1) is 19.2 Å². The van der Waals surface area contributed by atoms with Crippen molar-refractivity contribution < 1.29 is 22.6 Å². The molecule has 3 rings (SSSR count). The van der Waals surface area contributed by atoms with Gasteiger partial charge >= 0.3 is 0 Å². The van der Waals surface area contributed by atoms with Crippen molar-refractivity contribution in [2.75, 3.05) is 26.1 Å². The standard InChI is InChI=1S/C20H27ClN8O5S/c1-11(2)7-14-26-27-20(29(14)15-18(33-5)24-10-25-19(15)34-6)28-35(30,31)12(3)16(32-4)17-22-8-13(21)9-23-17/h8-12,16H,7H2,1-6H3,(H,27,28). The molecule has 0 aliphatic carbocycles. The first kappa shape index (κ1) is 26.5. The molecule has 0 fully saturated rings. The lowest BCUT2D eigenvalue weighted by molar-refractivity contribution is 0.0950. The molecule has 3 aromatic rings. The van der Waals surface area contributed by atoms with Crippen molar-refractivity contribution in [3.8, 4) is 17.4 Å². The molecule has 0 saturated heterocycles. The summed E-state index contributed by atoms with van der Waals surface area (Å²) in [6.45, 7) is 5.46. The van der Waals surface area contributed by atoms with Gasteiger partial charge in [0, 0.05) is 25.9 Å². The quantitative estimate of drug-likeness (QED) is 0.390. The van der Waals surface area contributed by atoms with Gasteiger partial charge in [-0.2, -0.15) is 9.97 Å². The Labute approximate surface area is 208 Å². The minimum Gasteiger partial charge on any atom is -0.479 e. The van der Waals surface area contributed by atoms with Crippen LogP contribution < -0.4 is 14.2 Å². The second kappa shape index (κ2) is 11.1. The molecule has 0 aromatic carbocycles. The Kier molecular flexibility index (Phi) is 8.40. The fourth-order valence-electron chi connectivity index (χ4n) is 3.31. The summed E-state index contributed by atoms with van der Waals surface area (Å²) in [5, 5.41) is 7.50. The third kappa shape index (κ3) is 5.77. The molecule has 0 amide bonds. The van der Waals surface area contributed by atoms with Crippen LogP contribution in [0.2, 0.25) is 5.02 Å². The van der Waals surface area contributed by atoms with Gasteiger partial charge in [0.1, 0.15) is 23.5 Å². The average molecular weight is 527 g/mol. The minimum atomic E-state index is -4.10. The normalized spacial score (nSPS) is 13.5. The van der Waals surface area contributed by atoms with Crippen LogP contribution in [0.5, 0.6) is 11.8 Å². The molecule has 1 N–H and O–H groups in total. The van der Waals surface area contributed by atoms with Crippen LogP contribution in [0.15, 0.2) is 18.7 Å². The summed E-state index contributed by atoms with van der Waals surface area (Å²) >= 11 is 5.85. The lowest BCUT2D eigenvalue weighted by Gasteiger charge is -2.22. The van der Waals surface area contributed by atoms with Crippen LogP contribution in [0.3, 0.4) is 0 Å². The summed E-state index contributed by atoms with van der Waals surface area (Å²) < 4.78 is 47.0. The molecule has 190 valence electrons. The van der Waals surface area contributed by atoms with Gasteiger partial charge in [-0.25, -0.2) is 18.4 Å². The smallest absolute Gasteiger partial charge is 0.245 e. The molecule has 0 radical (unpaired) electrons. The molecule has 0 aliphatic heterocycles. The molecular formula is C20H27ClN8O5S. The number of ether oxygens (including phenoxy) is 3. The van der Waals surface area contributed by atoms with Crippen molar-refractivity contribution in [3.05, 3.63) is 35.4 Å². The SMILES string of the molecule is COc1ncnc(OC)c1-n1c(CC(C)C)nnc1NS(=O)(=O)C(C)C(OC)c1ncc(Cl)cn1. The predicted molar refractivity (Wildman–Crippen MR) is 127 cm³/mol. The first-order chi connectivity index (χ1) is 16.6. The van der Waals surface area contributed by atoms with Crippen molar-refractivity contribution in [2.45, 2.75) is 38.5 Å². The number of methoxy groups -OCH3 is 3. The van der Waals surface area contributed by atoms with Crippen LogP contribution in [0.25, 0.3) is 5.69 Å². The Balaban J connectivity index is 2.08. The van der Waals surface area contributed by atoms with E-state index in [1.54, 1.807) is 0 Å². The second-order valence-electron chi connectivity index (χ2n) is 7.88. The van der Waals surface area contributed by atoms with E-state index in [4.69, 9.17) is 25.8 Å². The number of halogens is 1. The topological polar surface area (TPSA) is 156 Å². The third-order valence-corrected chi connectivity index (χ3v) is 6.87. The summed E-state index contributed by atoms with van der Waals surface area (Å²) in [5.41, 5.74) is 0.257. The molecule has 3 heterocycles. The van der Waals surface area contributed by atoms with Gasteiger partial charge < -0.3 is 14.2 Å². The van der Waals surface area contributed by atoms with Gasteiger partial charge in [0.25, 0.3) is 0 Å². The Hall–Kier alpha value is -3.10. The van der Waals surface area contributed by atoms with Gasteiger partial charge in [0.2, 0.25) is 27.7 Å². The van der Waals surface area contributed by atoms with Crippen LogP contribution in [0.1, 0.15) is 38.5 Å². The first-order valence-electron chi connectivity index (χ1n) is 10.5. The fraction of sp³-hybridized carbons (Fsp3) is 0.500. The van der Waals surface area contributed by atoms with Crippen molar-refractivity contribution in [2.24, 2.45) is 5.92 Å². The summed E-state index contributed by atoms with van der Waals surface area (Å²) in [5.74, 6) is 1.02. The average Bonchev–Trinajstić information content (AvgIpc) is 3.19. The summed E-state index contributed by atoms with van der Waals surface area (Å²) in [6, 6.07) is 0. The number of hydrogen-bond donors (Lipinski definition) is 1. The van der Waals surface area contributed by atoms with Crippen LogP contribution >= 0.6 is 11.6 Å². The zero-order valence-corrected chi connectivity index (χ0v) is 21.7. The van der Waals surface area contributed by atoms with E-state index in [1.165, 1.54) is 51.5 Å². The molecule has 15 heteroatoms. The van der Waals surface area contributed by atoms with Gasteiger partial charge in [0.15, 0.2) is 11.5 Å². The second-order valence-corrected chi connectivity index (χ2v) is 10.4. The maximum atomic E-state index is 13.4. The van der Waals surface area contributed by atoms with Crippen LogP contribution in [0.4, 0.5) is 5.95 Å². The maximum Gasteiger partial charge on any atom is 0.245 e. The van der Waals surface area contributed by atoms with Crippen molar-refractivity contribution in [1.82, 2.24) is 34.7 Å². The predicted octanol–water partition coefficient (Wildman–Crippen LogP) is 2.23. The molecule has 2 unspecified atom stereocenters. The number of nitrogens with one attached hydrogen (secondary N) is 1. The molecule has 35 heavy (non-hydrogen) atoms. The largest absolute Gasteiger partial charge is 0.479 e. The van der Waals surface area contributed by atoms with E-state index in [2.05, 4.69) is 34.9 Å². The zero-order valence-electron chi connectivity index (χ0n) is 20.1. The van der Waals surface area contributed by atoms with E-state index in [0.29, 0.717) is 17.3 Å². The molecule has 13 nitrogen and oxygen atoms in total. The molecular weight excluding hydrogens is 500 g/mol. The molecule has 0 bridgehead atoms. The molecule has 0 saturated carbocycles. The van der Waals surface area contributed by atoms with E-state index in [9.17, 15) is 8.42 Å². The van der Waals surface area contributed by atoms with E-state index >= 15 is 0 Å².